The maximum absolute atomic E-state index is 4.28. The lowest BCUT2D eigenvalue weighted by molar-refractivity contribution is 0.840. The molecule has 0 radical (unpaired) electrons. The topological polar surface area (TPSA) is 29.9 Å². The minimum atomic E-state index is 0.942. The van der Waals surface area contributed by atoms with Gasteiger partial charge in [-0.15, -0.1) is 6.58 Å². The van der Waals surface area contributed by atoms with Crippen LogP contribution in [0.5, 0.6) is 0 Å². The molecule has 0 aliphatic carbocycles. The van der Waals surface area contributed by atoms with Gasteiger partial charge in [0.05, 0.1) is 11.4 Å². The molecular weight excluding hydrogens is 198 g/mol. The number of allylic oxidation sites excluding steroid dienone is 1. The van der Waals surface area contributed by atoms with Crippen molar-refractivity contribution < 1.29 is 0 Å². The number of aromatic nitrogens is 2. The number of nitrogens with one attached hydrogen (secondary N) is 1. The molecule has 1 aromatic rings. The number of imidazole rings is 1. The molecule has 1 rings (SSSR count). The number of rotatable bonds is 2. The van der Waals surface area contributed by atoms with E-state index in [1.807, 2.05) is 46.3 Å². The molecular formula is C13H25N3. The lowest BCUT2D eigenvalue weighted by Gasteiger charge is -2.04. The van der Waals surface area contributed by atoms with E-state index in [9.17, 15) is 0 Å². The van der Waals surface area contributed by atoms with E-state index < -0.39 is 0 Å². The lowest BCUT2D eigenvalue weighted by Crippen LogP contribution is -2.12. The molecule has 0 atom stereocenters. The monoisotopic (exact) mass is 223 g/mol. The van der Waals surface area contributed by atoms with Crippen molar-refractivity contribution in [1.82, 2.24) is 9.66 Å². The molecule has 3 nitrogen and oxygen atoms in total. The zero-order chi connectivity index (χ0) is 13.1. The Morgan fingerprint density at radius 2 is 1.69 bits per heavy atom. The molecule has 0 fully saturated rings. The van der Waals surface area contributed by atoms with Gasteiger partial charge in [0.2, 0.25) is 0 Å². The first-order chi connectivity index (χ1) is 7.62. The molecule has 1 aromatic heterocycles. The number of hydrogen-bond donors (Lipinski definition) is 1. The third kappa shape index (κ3) is 4.82. The van der Waals surface area contributed by atoms with Crippen LogP contribution in [0, 0.1) is 13.8 Å². The molecule has 92 valence electrons. The lowest BCUT2D eigenvalue weighted by atomic mass is 10.3. The van der Waals surface area contributed by atoms with E-state index in [1.54, 1.807) is 12.2 Å². The van der Waals surface area contributed by atoms with Gasteiger partial charge < -0.3 is 5.43 Å². The summed E-state index contributed by atoms with van der Waals surface area (Å²) in [5.74, 6) is 0.958. The molecule has 0 spiro atoms. The van der Waals surface area contributed by atoms with E-state index in [1.165, 1.54) is 0 Å². The third-order valence-electron chi connectivity index (χ3n) is 1.73. The normalized spacial score (nSPS) is 7.88. The van der Waals surface area contributed by atoms with Gasteiger partial charge in [0.25, 0.3) is 0 Å². The van der Waals surface area contributed by atoms with Gasteiger partial charge >= 0.3 is 0 Å². The van der Waals surface area contributed by atoms with Crippen LogP contribution in [0.4, 0.5) is 0 Å². The highest BCUT2D eigenvalue weighted by molar-refractivity contribution is 5.45. The first kappa shape index (κ1) is 16.9. The molecule has 0 saturated heterocycles. The van der Waals surface area contributed by atoms with Crippen molar-refractivity contribution in [2.24, 2.45) is 0 Å². The Morgan fingerprint density at radius 1 is 1.25 bits per heavy atom. The Hall–Kier alpha value is -1.51. The Morgan fingerprint density at radius 3 is 1.88 bits per heavy atom. The molecule has 0 bridgehead atoms. The predicted molar refractivity (Wildman–Crippen MR) is 74.3 cm³/mol. The molecule has 0 aliphatic heterocycles. The Kier molecular flexibility index (Phi) is 10.6. The SMILES string of the molecule is C=CC.C=Cc1nc(C)n(NC)c1C.CC. The summed E-state index contributed by atoms with van der Waals surface area (Å²) in [7, 11) is 1.87. The van der Waals surface area contributed by atoms with Gasteiger partial charge in [-0.25, -0.2) is 9.66 Å². The highest BCUT2D eigenvalue weighted by atomic mass is 15.4. The first-order valence-corrected chi connectivity index (χ1v) is 5.55. The summed E-state index contributed by atoms with van der Waals surface area (Å²) in [6.07, 6.45) is 3.51. The molecule has 0 aromatic carbocycles. The summed E-state index contributed by atoms with van der Waals surface area (Å²) in [5.41, 5.74) is 5.06. The van der Waals surface area contributed by atoms with Crippen molar-refractivity contribution in [3.05, 3.63) is 36.4 Å². The largest absolute Gasteiger partial charge is 0.328 e. The molecule has 0 amide bonds. The van der Waals surface area contributed by atoms with Crippen LogP contribution in [0.1, 0.15) is 38.0 Å². The van der Waals surface area contributed by atoms with E-state index in [2.05, 4.69) is 23.6 Å². The van der Waals surface area contributed by atoms with E-state index in [0.717, 1.165) is 17.2 Å². The smallest absolute Gasteiger partial charge is 0.125 e. The van der Waals surface area contributed by atoms with Crippen LogP contribution < -0.4 is 5.43 Å². The summed E-state index contributed by atoms with van der Waals surface area (Å²) in [4.78, 5) is 4.28. The maximum Gasteiger partial charge on any atom is 0.125 e. The first-order valence-electron chi connectivity index (χ1n) is 5.55. The zero-order valence-electron chi connectivity index (χ0n) is 11.5. The summed E-state index contributed by atoms with van der Waals surface area (Å²) < 4.78 is 1.93. The molecule has 0 unspecified atom stereocenters. The zero-order valence-corrected chi connectivity index (χ0v) is 11.5. The van der Waals surface area contributed by atoms with E-state index in [-0.39, 0.29) is 0 Å². The summed E-state index contributed by atoms with van der Waals surface area (Å²) >= 11 is 0. The van der Waals surface area contributed by atoms with Gasteiger partial charge in [0.15, 0.2) is 0 Å². The van der Waals surface area contributed by atoms with Crippen molar-refractivity contribution >= 4 is 6.08 Å². The minimum absolute atomic E-state index is 0.942. The fourth-order valence-corrected chi connectivity index (χ4v) is 1.19. The van der Waals surface area contributed by atoms with Crippen molar-refractivity contribution in [2.75, 3.05) is 12.5 Å². The van der Waals surface area contributed by atoms with Gasteiger partial charge in [-0.05, 0) is 26.8 Å². The third-order valence-corrected chi connectivity index (χ3v) is 1.73. The standard InChI is InChI=1S/C8H13N3.C3H6.C2H6/c1-5-8-6(2)11(9-4)7(3)10-8;1-3-2;1-2/h5,9H,1H2,2-4H3;3H,1H2,2H3;1-2H3. The number of hydrogen-bond acceptors (Lipinski definition) is 2. The van der Waals surface area contributed by atoms with Crippen molar-refractivity contribution in [3.8, 4) is 0 Å². The average Bonchev–Trinajstić information content (AvgIpc) is 2.57. The minimum Gasteiger partial charge on any atom is -0.328 e. The quantitative estimate of drug-likeness (QED) is 0.777. The van der Waals surface area contributed by atoms with E-state index in [0.29, 0.717) is 0 Å². The molecule has 3 heteroatoms. The Balaban J connectivity index is 0. The average molecular weight is 223 g/mol. The highest BCUT2D eigenvalue weighted by Gasteiger charge is 2.05. The van der Waals surface area contributed by atoms with Crippen molar-refractivity contribution in [2.45, 2.75) is 34.6 Å². The fourth-order valence-electron chi connectivity index (χ4n) is 1.19. The molecule has 16 heavy (non-hydrogen) atoms. The van der Waals surface area contributed by atoms with Crippen LogP contribution in [-0.2, 0) is 0 Å². The van der Waals surface area contributed by atoms with E-state index in [4.69, 9.17) is 0 Å². The summed E-state index contributed by atoms with van der Waals surface area (Å²) in [5, 5.41) is 0. The molecule has 0 aliphatic rings. The van der Waals surface area contributed by atoms with Crippen LogP contribution in [-0.4, -0.2) is 16.7 Å². The second-order valence-corrected chi connectivity index (χ2v) is 2.80. The molecule has 0 saturated carbocycles. The number of aryl methyl sites for hydroxylation is 1. The second kappa shape index (κ2) is 10.0. The van der Waals surface area contributed by atoms with Crippen LogP contribution in [0.25, 0.3) is 6.08 Å². The van der Waals surface area contributed by atoms with Crippen molar-refractivity contribution in [1.29, 1.82) is 0 Å². The van der Waals surface area contributed by atoms with Gasteiger partial charge in [-0.1, -0.05) is 26.5 Å². The molecule has 1 N–H and O–H groups in total. The Labute approximate surface area is 99.9 Å². The maximum atomic E-state index is 4.28. The van der Waals surface area contributed by atoms with Gasteiger partial charge in [-0.3, -0.25) is 0 Å². The van der Waals surface area contributed by atoms with Gasteiger partial charge in [0.1, 0.15) is 5.82 Å². The predicted octanol–water partition coefficient (Wildman–Crippen LogP) is 3.53. The van der Waals surface area contributed by atoms with Gasteiger partial charge in [0, 0.05) is 7.05 Å². The highest BCUT2D eigenvalue weighted by Crippen LogP contribution is 2.08. The summed E-state index contributed by atoms with van der Waals surface area (Å²) in [6, 6.07) is 0. The van der Waals surface area contributed by atoms with Crippen LogP contribution in [0.3, 0.4) is 0 Å². The molecule has 1 heterocycles. The Bertz CT molecular complexity index is 311. The second-order valence-electron chi connectivity index (χ2n) is 2.80. The van der Waals surface area contributed by atoms with Gasteiger partial charge in [-0.2, -0.15) is 0 Å². The van der Waals surface area contributed by atoms with Crippen LogP contribution in [0.2, 0.25) is 0 Å². The van der Waals surface area contributed by atoms with Crippen LogP contribution >= 0.6 is 0 Å². The fraction of sp³-hybridized carbons (Fsp3) is 0.462. The summed E-state index contributed by atoms with van der Waals surface area (Å²) in [6.45, 7) is 16.9. The number of nitrogens with zero attached hydrogens (tertiary/aromatic N) is 2. The van der Waals surface area contributed by atoms with E-state index >= 15 is 0 Å². The van der Waals surface area contributed by atoms with Crippen molar-refractivity contribution in [3.63, 3.8) is 0 Å². The van der Waals surface area contributed by atoms with Crippen LogP contribution in [0.15, 0.2) is 19.2 Å².